The number of carbonyl (C=O) groups excluding carboxylic acids is 1. The molecule has 1 aromatic heterocycles. The van der Waals surface area contributed by atoms with Crippen LogP contribution in [0.3, 0.4) is 0 Å². The Kier molecular flexibility index (Phi) is 5.77. The zero-order valence-electron chi connectivity index (χ0n) is 11.9. The van der Waals surface area contributed by atoms with Crippen LogP contribution in [0.1, 0.15) is 31.9 Å². The van der Waals surface area contributed by atoms with Crippen molar-refractivity contribution in [3.05, 3.63) is 22.1 Å². The third-order valence-corrected chi connectivity index (χ3v) is 4.23. The van der Waals surface area contributed by atoms with E-state index in [2.05, 4.69) is 15.4 Å². The van der Waals surface area contributed by atoms with Gasteiger partial charge in [-0.15, -0.1) is 0 Å². The van der Waals surface area contributed by atoms with Crippen molar-refractivity contribution in [2.75, 3.05) is 5.75 Å². The minimum Gasteiger partial charge on any atom is -0.364 e. The molecule has 0 radical (unpaired) electrons. The quantitative estimate of drug-likeness (QED) is 0.230. The first kappa shape index (κ1) is 16.0. The lowest BCUT2D eigenvalue weighted by Crippen LogP contribution is -2.39. The van der Waals surface area contributed by atoms with E-state index in [1.165, 1.54) is 17.8 Å². The molecule has 2 heterocycles. The standard InChI is InChI=1S/C13H20N4O3S/c1-2-3-8-6-11(18)16-13(15-8)21-7-9-4-5-10(20-9)12(19)17-14/h6,9-10H,2-5,7,14H2,1H3,(H,17,19)(H,15,16,18). The normalized spacial score (nSPS) is 21.4. The minimum absolute atomic E-state index is 0.0302. The van der Waals surface area contributed by atoms with Crippen LogP contribution in [-0.4, -0.2) is 33.8 Å². The molecule has 116 valence electrons. The maximum Gasteiger partial charge on any atom is 0.263 e. The molecule has 0 saturated carbocycles. The Labute approximate surface area is 127 Å². The Balaban J connectivity index is 1.89. The van der Waals surface area contributed by atoms with Crippen LogP contribution in [0.25, 0.3) is 0 Å². The monoisotopic (exact) mass is 312 g/mol. The van der Waals surface area contributed by atoms with Gasteiger partial charge in [0.25, 0.3) is 11.5 Å². The molecule has 1 aliphatic heterocycles. The van der Waals surface area contributed by atoms with Crippen molar-refractivity contribution in [1.29, 1.82) is 0 Å². The first-order chi connectivity index (χ1) is 10.1. The molecule has 1 saturated heterocycles. The van der Waals surface area contributed by atoms with Crippen molar-refractivity contribution >= 4 is 17.7 Å². The van der Waals surface area contributed by atoms with Crippen LogP contribution in [-0.2, 0) is 16.0 Å². The van der Waals surface area contributed by atoms with Crippen molar-refractivity contribution in [2.45, 2.75) is 50.0 Å². The van der Waals surface area contributed by atoms with Gasteiger partial charge in [0.2, 0.25) is 0 Å². The molecule has 4 N–H and O–H groups in total. The van der Waals surface area contributed by atoms with Crippen LogP contribution in [0.5, 0.6) is 0 Å². The van der Waals surface area contributed by atoms with E-state index in [0.29, 0.717) is 17.3 Å². The first-order valence-electron chi connectivity index (χ1n) is 7.01. The van der Waals surface area contributed by atoms with Gasteiger partial charge in [-0.1, -0.05) is 25.1 Å². The molecule has 0 spiro atoms. The number of aryl methyl sites for hydroxylation is 1. The average molecular weight is 312 g/mol. The summed E-state index contributed by atoms with van der Waals surface area (Å²) in [6.07, 6.45) is 2.69. The van der Waals surface area contributed by atoms with E-state index in [9.17, 15) is 9.59 Å². The summed E-state index contributed by atoms with van der Waals surface area (Å²) in [5.41, 5.74) is 2.77. The molecule has 1 amide bonds. The molecule has 21 heavy (non-hydrogen) atoms. The molecular formula is C13H20N4O3S. The van der Waals surface area contributed by atoms with Crippen molar-refractivity contribution in [2.24, 2.45) is 5.84 Å². The molecule has 8 heteroatoms. The van der Waals surface area contributed by atoms with Crippen LogP contribution < -0.4 is 16.8 Å². The van der Waals surface area contributed by atoms with E-state index in [0.717, 1.165) is 25.0 Å². The molecule has 1 aliphatic rings. The van der Waals surface area contributed by atoms with E-state index in [4.69, 9.17) is 10.6 Å². The number of thioether (sulfide) groups is 1. The fraction of sp³-hybridized carbons (Fsp3) is 0.615. The number of amides is 1. The number of hydrazine groups is 1. The van der Waals surface area contributed by atoms with Crippen LogP contribution in [0.4, 0.5) is 0 Å². The fourth-order valence-electron chi connectivity index (χ4n) is 2.22. The topological polar surface area (TPSA) is 110 Å². The smallest absolute Gasteiger partial charge is 0.263 e. The maximum atomic E-state index is 11.6. The Morgan fingerprint density at radius 3 is 3.14 bits per heavy atom. The third-order valence-electron chi connectivity index (χ3n) is 3.23. The summed E-state index contributed by atoms with van der Waals surface area (Å²) in [6, 6.07) is 1.53. The highest BCUT2D eigenvalue weighted by Crippen LogP contribution is 2.25. The van der Waals surface area contributed by atoms with E-state index in [1.807, 2.05) is 6.92 Å². The molecule has 2 atom stereocenters. The summed E-state index contributed by atoms with van der Waals surface area (Å²) >= 11 is 1.44. The van der Waals surface area contributed by atoms with Gasteiger partial charge in [-0.25, -0.2) is 10.8 Å². The summed E-state index contributed by atoms with van der Waals surface area (Å²) < 4.78 is 5.61. The van der Waals surface area contributed by atoms with E-state index < -0.39 is 6.10 Å². The fourth-order valence-corrected chi connectivity index (χ4v) is 3.17. The number of carbonyl (C=O) groups is 1. The SMILES string of the molecule is CCCc1cc(=O)[nH]c(SCC2CCC(C(=O)NN)O2)n1. The van der Waals surface area contributed by atoms with Crippen LogP contribution in [0.2, 0.25) is 0 Å². The average Bonchev–Trinajstić information content (AvgIpc) is 2.93. The zero-order valence-corrected chi connectivity index (χ0v) is 12.7. The number of ether oxygens (including phenoxy) is 1. The lowest BCUT2D eigenvalue weighted by molar-refractivity contribution is -0.131. The van der Waals surface area contributed by atoms with Crippen molar-refractivity contribution in [1.82, 2.24) is 15.4 Å². The summed E-state index contributed by atoms with van der Waals surface area (Å²) in [6.45, 7) is 2.05. The number of nitrogens with one attached hydrogen (secondary N) is 2. The number of rotatable bonds is 6. The number of nitrogens with two attached hydrogens (primary N) is 1. The highest BCUT2D eigenvalue weighted by Gasteiger charge is 2.30. The molecule has 7 nitrogen and oxygen atoms in total. The summed E-state index contributed by atoms with van der Waals surface area (Å²) in [7, 11) is 0. The van der Waals surface area contributed by atoms with Crippen LogP contribution >= 0.6 is 11.8 Å². The van der Waals surface area contributed by atoms with E-state index in [1.54, 1.807) is 0 Å². The summed E-state index contributed by atoms with van der Waals surface area (Å²) in [5, 5.41) is 0.598. The van der Waals surface area contributed by atoms with Crippen LogP contribution in [0.15, 0.2) is 16.0 Å². The summed E-state index contributed by atoms with van der Waals surface area (Å²) in [4.78, 5) is 30.0. The number of H-pyrrole nitrogens is 1. The van der Waals surface area contributed by atoms with E-state index in [-0.39, 0.29) is 17.6 Å². The Bertz CT molecular complexity index is 548. The number of hydrogen-bond acceptors (Lipinski definition) is 6. The third kappa shape index (κ3) is 4.55. The molecule has 0 bridgehead atoms. The Morgan fingerprint density at radius 1 is 1.62 bits per heavy atom. The zero-order chi connectivity index (χ0) is 15.2. The predicted molar refractivity (Wildman–Crippen MR) is 79.8 cm³/mol. The second-order valence-corrected chi connectivity index (χ2v) is 5.94. The second-order valence-electron chi connectivity index (χ2n) is 4.94. The lowest BCUT2D eigenvalue weighted by atomic mass is 10.2. The highest BCUT2D eigenvalue weighted by molar-refractivity contribution is 7.99. The summed E-state index contributed by atoms with van der Waals surface area (Å²) in [5.74, 6) is 5.44. The lowest BCUT2D eigenvalue weighted by Gasteiger charge is -2.12. The predicted octanol–water partition coefficient (Wildman–Crippen LogP) is 0.352. The maximum absolute atomic E-state index is 11.6. The van der Waals surface area contributed by atoms with Gasteiger partial charge in [-0.3, -0.25) is 15.0 Å². The minimum atomic E-state index is -0.473. The van der Waals surface area contributed by atoms with E-state index >= 15 is 0 Å². The molecule has 1 aromatic rings. The van der Waals surface area contributed by atoms with Crippen LogP contribution in [0, 0.1) is 0 Å². The van der Waals surface area contributed by atoms with Crippen molar-refractivity contribution in [3.63, 3.8) is 0 Å². The van der Waals surface area contributed by atoms with Crippen molar-refractivity contribution in [3.8, 4) is 0 Å². The van der Waals surface area contributed by atoms with Gasteiger partial charge >= 0.3 is 0 Å². The van der Waals surface area contributed by atoms with Gasteiger partial charge in [-0.2, -0.15) is 0 Å². The Morgan fingerprint density at radius 2 is 2.43 bits per heavy atom. The molecule has 1 fully saturated rings. The number of nitrogens with zero attached hydrogens (tertiary/aromatic N) is 1. The van der Waals surface area contributed by atoms with Crippen molar-refractivity contribution < 1.29 is 9.53 Å². The number of hydrogen-bond donors (Lipinski definition) is 3. The molecule has 2 rings (SSSR count). The van der Waals surface area contributed by atoms with Gasteiger partial charge in [-0.05, 0) is 19.3 Å². The van der Waals surface area contributed by atoms with Gasteiger partial charge in [0.15, 0.2) is 5.16 Å². The second kappa shape index (κ2) is 7.58. The largest absolute Gasteiger partial charge is 0.364 e. The van der Waals surface area contributed by atoms with Gasteiger partial charge < -0.3 is 9.72 Å². The first-order valence-corrected chi connectivity index (χ1v) is 8.00. The molecule has 2 unspecified atom stereocenters. The molecule has 0 aromatic carbocycles. The van der Waals surface area contributed by atoms with Gasteiger partial charge in [0.05, 0.1) is 6.10 Å². The Hall–Kier alpha value is -1.38. The van der Waals surface area contributed by atoms with Gasteiger partial charge in [0, 0.05) is 17.5 Å². The highest BCUT2D eigenvalue weighted by atomic mass is 32.2. The number of aromatic amines is 1. The number of aromatic nitrogens is 2. The molecular weight excluding hydrogens is 292 g/mol. The van der Waals surface area contributed by atoms with Gasteiger partial charge in [0.1, 0.15) is 6.10 Å². The molecule has 0 aliphatic carbocycles.